The Morgan fingerprint density at radius 3 is 2.53 bits per heavy atom. The smallest absolute Gasteiger partial charge is 0.329 e. The number of hydrogen-bond acceptors (Lipinski definition) is 5. The summed E-state index contributed by atoms with van der Waals surface area (Å²) in [6, 6.07) is 19.6. The average molecular weight is 476 g/mol. The average Bonchev–Trinajstić information content (AvgIpc) is 2.83. The summed E-state index contributed by atoms with van der Waals surface area (Å²) in [5.41, 5.74) is 2.67. The molecule has 0 radical (unpaired) electrons. The molecule has 1 unspecified atom stereocenters. The number of ether oxygens (including phenoxy) is 1. The second kappa shape index (κ2) is 10.3. The quantitative estimate of drug-likeness (QED) is 0.411. The number of aromatic nitrogens is 2. The second-order valence-electron chi connectivity index (χ2n) is 7.85. The van der Waals surface area contributed by atoms with Crippen molar-refractivity contribution in [3.05, 3.63) is 117 Å². The van der Waals surface area contributed by atoms with Crippen molar-refractivity contribution in [1.82, 2.24) is 14.7 Å². The third kappa shape index (κ3) is 5.68. The SMILES string of the molecule is Cc1ccc2nc(COC(=O)C(Cc3ccccc3)NC(=O)c3ccc(Cl)cc3)cc(=O)n2c1. The minimum Gasteiger partial charge on any atom is -0.458 e. The highest BCUT2D eigenvalue weighted by Gasteiger charge is 2.24. The van der Waals surface area contributed by atoms with E-state index >= 15 is 0 Å². The van der Waals surface area contributed by atoms with E-state index in [2.05, 4.69) is 10.3 Å². The van der Waals surface area contributed by atoms with E-state index in [1.165, 1.54) is 10.5 Å². The number of rotatable bonds is 7. The molecule has 0 fully saturated rings. The highest BCUT2D eigenvalue weighted by molar-refractivity contribution is 6.30. The van der Waals surface area contributed by atoms with Gasteiger partial charge in [0.2, 0.25) is 0 Å². The fourth-order valence-corrected chi connectivity index (χ4v) is 3.59. The Hall–Kier alpha value is -3.97. The van der Waals surface area contributed by atoms with Gasteiger partial charge in [-0.1, -0.05) is 48.0 Å². The molecule has 34 heavy (non-hydrogen) atoms. The molecule has 0 aliphatic carbocycles. The summed E-state index contributed by atoms with van der Waals surface area (Å²) >= 11 is 5.90. The number of benzene rings is 2. The molecular weight excluding hydrogens is 454 g/mol. The number of esters is 1. The van der Waals surface area contributed by atoms with Gasteiger partial charge in [-0.15, -0.1) is 0 Å². The zero-order valence-electron chi connectivity index (χ0n) is 18.4. The van der Waals surface area contributed by atoms with Crippen LogP contribution in [-0.2, 0) is 22.6 Å². The van der Waals surface area contributed by atoms with Crippen molar-refractivity contribution in [3.63, 3.8) is 0 Å². The van der Waals surface area contributed by atoms with Gasteiger partial charge < -0.3 is 10.1 Å². The summed E-state index contributed by atoms with van der Waals surface area (Å²) in [4.78, 5) is 42.5. The molecule has 0 saturated heterocycles. The molecule has 0 spiro atoms. The molecule has 0 aliphatic heterocycles. The zero-order valence-corrected chi connectivity index (χ0v) is 19.2. The van der Waals surface area contributed by atoms with E-state index in [1.807, 2.05) is 43.3 Å². The van der Waals surface area contributed by atoms with E-state index in [-0.39, 0.29) is 18.6 Å². The third-order valence-electron chi connectivity index (χ3n) is 5.20. The summed E-state index contributed by atoms with van der Waals surface area (Å²) in [6.45, 7) is 1.69. The van der Waals surface area contributed by atoms with E-state index < -0.39 is 17.9 Å². The first-order chi connectivity index (χ1) is 16.4. The van der Waals surface area contributed by atoms with Crippen molar-refractivity contribution in [2.75, 3.05) is 0 Å². The minimum absolute atomic E-state index is 0.194. The number of pyridine rings is 1. The van der Waals surface area contributed by atoms with Gasteiger partial charge in [-0.3, -0.25) is 14.0 Å². The molecule has 2 heterocycles. The Balaban J connectivity index is 1.51. The van der Waals surface area contributed by atoms with Crippen LogP contribution in [0.4, 0.5) is 0 Å². The summed E-state index contributed by atoms with van der Waals surface area (Å²) in [6.07, 6.45) is 1.94. The Labute approximate surface area is 201 Å². The Bertz CT molecular complexity index is 1390. The van der Waals surface area contributed by atoms with Crippen LogP contribution in [-0.4, -0.2) is 27.3 Å². The molecule has 4 aromatic rings. The van der Waals surface area contributed by atoms with Crippen LogP contribution in [0.3, 0.4) is 0 Å². The van der Waals surface area contributed by atoms with E-state index in [4.69, 9.17) is 16.3 Å². The lowest BCUT2D eigenvalue weighted by Gasteiger charge is -2.18. The van der Waals surface area contributed by atoms with Crippen molar-refractivity contribution in [2.45, 2.75) is 26.0 Å². The van der Waals surface area contributed by atoms with Gasteiger partial charge in [-0.05, 0) is 48.4 Å². The highest BCUT2D eigenvalue weighted by Crippen LogP contribution is 2.12. The van der Waals surface area contributed by atoms with Crippen LogP contribution in [0.2, 0.25) is 5.02 Å². The van der Waals surface area contributed by atoms with Gasteiger partial charge in [0, 0.05) is 29.3 Å². The predicted octanol–water partition coefficient (Wildman–Crippen LogP) is 3.74. The number of halogens is 1. The zero-order chi connectivity index (χ0) is 24.1. The van der Waals surface area contributed by atoms with Crippen LogP contribution in [0.1, 0.15) is 27.2 Å². The number of fused-ring (bicyclic) bond motifs is 1. The normalized spacial score (nSPS) is 11.7. The van der Waals surface area contributed by atoms with Crippen molar-refractivity contribution >= 4 is 29.1 Å². The fourth-order valence-electron chi connectivity index (χ4n) is 3.46. The van der Waals surface area contributed by atoms with Crippen LogP contribution in [0.25, 0.3) is 5.65 Å². The lowest BCUT2D eigenvalue weighted by Crippen LogP contribution is -2.43. The number of amides is 1. The van der Waals surface area contributed by atoms with Gasteiger partial charge in [0.1, 0.15) is 18.3 Å². The fraction of sp³-hybridized carbons (Fsp3) is 0.154. The lowest BCUT2D eigenvalue weighted by atomic mass is 10.1. The molecule has 4 rings (SSSR count). The number of carbonyl (C=O) groups excluding carboxylic acids is 2. The van der Waals surface area contributed by atoms with Gasteiger partial charge in [-0.2, -0.15) is 0 Å². The first-order valence-corrected chi connectivity index (χ1v) is 11.0. The third-order valence-corrected chi connectivity index (χ3v) is 5.45. The molecule has 2 aromatic heterocycles. The van der Waals surface area contributed by atoms with Crippen LogP contribution >= 0.6 is 11.6 Å². The number of hydrogen-bond donors (Lipinski definition) is 1. The van der Waals surface area contributed by atoms with Gasteiger partial charge in [0.15, 0.2) is 0 Å². The lowest BCUT2D eigenvalue weighted by molar-refractivity contribution is -0.147. The molecule has 8 heteroatoms. The van der Waals surface area contributed by atoms with Gasteiger partial charge in [-0.25, -0.2) is 9.78 Å². The maximum atomic E-state index is 13.0. The van der Waals surface area contributed by atoms with Crippen molar-refractivity contribution in [2.24, 2.45) is 0 Å². The highest BCUT2D eigenvalue weighted by atomic mass is 35.5. The van der Waals surface area contributed by atoms with E-state index in [0.29, 0.717) is 21.9 Å². The number of nitrogens with zero attached hydrogens (tertiary/aromatic N) is 2. The Morgan fingerprint density at radius 2 is 1.79 bits per heavy atom. The summed E-state index contributed by atoms with van der Waals surface area (Å²) in [5.74, 6) is -1.05. The first kappa shape index (κ1) is 23.2. The Kier molecular flexibility index (Phi) is 7.04. The molecule has 1 N–H and O–H groups in total. The van der Waals surface area contributed by atoms with E-state index in [1.54, 1.807) is 36.5 Å². The molecule has 1 amide bonds. The second-order valence-corrected chi connectivity index (χ2v) is 8.29. The van der Waals surface area contributed by atoms with Crippen LogP contribution < -0.4 is 10.9 Å². The van der Waals surface area contributed by atoms with Crippen LogP contribution in [0.5, 0.6) is 0 Å². The summed E-state index contributed by atoms with van der Waals surface area (Å²) < 4.78 is 6.90. The Morgan fingerprint density at radius 1 is 1.06 bits per heavy atom. The maximum absolute atomic E-state index is 13.0. The molecular formula is C26H22ClN3O4. The number of nitrogens with one attached hydrogen (secondary N) is 1. The van der Waals surface area contributed by atoms with Crippen LogP contribution in [0.15, 0.2) is 83.8 Å². The molecule has 172 valence electrons. The van der Waals surface area contributed by atoms with Crippen LogP contribution in [0, 0.1) is 6.92 Å². The molecule has 0 bridgehead atoms. The number of carbonyl (C=O) groups is 2. The predicted molar refractivity (Wildman–Crippen MR) is 129 cm³/mol. The maximum Gasteiger partial charge on any atom is 0.329 e. The van der Waals surface area contributed by atoms with Crippen molar-refractivity contribution in [1.29, 1.82) is 0 Å². The van der Waals surface area contributed by atoms with E-state index in [0.717, 1.165) is 11.1 Å². The summed E-state index contributed by atoms with van der Waals surface area (Å²) in [5, 5.41) is 3.25. The standard InChI is InChI=1S/C26H22ClN3O4/c1-17-7-12-23-28-21(14-24(31)30(23)15-17)16-34-26(33)22(13-18-5-3-2-4-6-18)29-25(32)19-8-10-20(27)11-9-19/h2-12,14-15,22H,13,16H2,1H3,(H,29,32). The number of aryl methyl sites for hydroxylation is 1. The van der Waals surface area contributed by atoms with Crippen molar-refractivity contribution < 1.29 is 14.3 Å². The van der Waals surface area contributed by atoms with Crippen molar-refractivity contribution in [3.8, 4) is 0 Å². The van der Waals surface area contributed by atoms with E-state index in [9.17, 15) is 14.4 Å². The van der Waals surface area contributed by atoms with Gasteiger partial charge >= 0.3 is 5.97 Å². The van der Waals surface area contributed by atoms with Gasteiger partial charge in [0.25, 0.3) is 11.5 Å². The molecule has 0 aliphatic rings. The topological polar surface area (TPSA) is 89.8 Å². The monoisotopic (exact) mass is 475 g/mol. The molecule has 1 atom stereocenters. The molecule has 7 nitrogen and oxygen atoms in total. The largest absolute Gasteiger partial charge is 0.458 e. The summed E-state index contributed by atoms with van der Waals surface area (Å²) in [7, 11) is 0. The molecule has 2 aromatic carbocycles. The minimum atomic E-state index is -0.935. The molecule has 0 saturated carbocycles. The first-order valence-electron chi connectivity index (χ1n) is 10.6. The van der Waals surface area contributed by atoms with Gasteiger partial charge in [0.05, 0.1) is 5.69 Å².